The number of aromatic nitrogens is 2. The van der Waals surface area contributed by atoms with Gasteiger partial charge in [0.25, 0.3) is 0 Å². The molecule has 1 fully saturated rings. The van der Waals surface area contributed by atoms with Gasteiger partial charge in [-0.2, -0.15) is 0 Å². The fourth-order valence-electron chi connectivity index (χ4n) is 4.26. The third-order valence-corrected chi connectivity index (χ3v) is 6.09. The summed E-state index contributed by atoms with van der Waals surface area (Å²) in [7, 11) is 0. The summed E-state index contributed by atoms with van der Waals surface area (Å²) in [6.45, 7) is 7.19. The number of carbonyl (C=O) groups is 1. The van der Waals surface area contributed by atoms with E-state index in [1.165, 1.54) is 0 Å². The molecule has 3 aromatic rings. The number of pyridine rings is 1. The first kappa shape index (κ1) is 24.0. The van der Waals surface area contributed by atoms with Crippen LogP contribution >= 0.6 is 0 Å². The van der Waals surface area contributed by atoms with Crippen molar-refractivity contribution in [3.63, 3.8) is 0 Å². The van der Waals surface area contributed by atoms with E-state index in [1.807, 2.05) is 51.1 Å². The van der Waals surface area contributed by atoms with Gasteiger partial charge in [-0.1, -0.05) is 11.2 Å². The Morgan fingerprint density at radius 3 is 2.68 bits per heavy atom. The molecular formula is C26H33N3O5. The molecule has 34 heavy (non-hydrogen) atoms. The molecule has 2 aromatic heterocycles. The van der Waals surface area contributed by atoms with Gasteiger partial charge in [-0.15, -0.1) is 0 Å². The number of aliphatic hydroxyl groups is 1. The van der Waals surface area contributed by atoms with Gasteiger partial charge in [-0.3, -0.25) is 4.98 Å². The quantitative estimate of drug-likeness (QED) is 0.529. The number of ether oxygens (including phenoxy) is 2. The minimum atomic E-state index is -0.474. The summed E-state index contributed by atoms with van der Waals surface area (Å²) in [6, 6.07) is 9.46. The van der Waals surface area contributed by atoms with Crippen LogP contribution in [0.4, 0.5) is 4.79 Å². The topological polar surface area (TPSA) is 97.9 Å². The molecule has 0 atom stereocenters. The van der Waals surface area contributed by atoms with Crippen LogP contribution in [0.25, 0.3) is 11.0 Å². The molecule has 3 heterocycles. The Hall–Kier alpha value is -3.13. The Labute approximate surface area is 199 Å². The predicted octanol–water partition coefficient (Wildman–Crippen LogP) is 4.87. The number of hydrogen-bond donors (Lipinski definition) is 1. The molecule has 0 aliphatic carbocycles. The average Bonchev–Trinajstić information content (AvgIpc) is 3.24. The van der Waals surface area contributed by atoms with Crippen LogP contribution in [-0.4, -0.2) is 44.9 Å². The third-order valence-electron chi connectivity index (χ3n) is 6.09. The number of hydrogen-bond acceptors (Lipinski definition) is 7. The van der Waals surface area contributed by atoms with Gasteiger partial charge in [0.2, 0.25) is 0 Å². The maximum Gasteiger partial charge on any atom is 0.410 e. The van der Waals surface area contributed by atoms with Crippen LogP contribution in [0.3, 0.4) is 0 Å². The van der Waals surface area contributed by atoms with E-state index in [4.69, 9.17) is 14.0 Å². The van der Waals surface area contributed by atoms with E-state index >= 15 is 0 Å². The first-order chi connectivity index (χ1) is 16.3. The molecule has 1 aromatic carbocycles. The zero-order valence-electron chi connectivity index (χ0n) is 20.1. The van der Waals surface area contributed by atoms with Crippen molar-refractivity contribution in [3.8, 4) is 5.75 Å². The molecule has 1 aliphatic rings. The molecule has 4 rings (SSSR count). The van der Waals surface area contributed by atoms with E-state index in [2.05, 4.69) is 10.1 Å². The zero-order chi connectivity index (χ0) is 24.1. The van der Waals surface area contributed by atoms with Crippen LogP contribution in [0.15, 0.2) is 41.1 Å². The van der Waals surface area contributed by atoms with Gasteiger partial charge in [0, 0.05) is 24.7 Å². The lowest BCUT2D eigenvalue weighted by Crippen LogP contribution is -2.41. The molecule has 1 saturated heterocycles. The van der Waals surface area contributed by atoms with E-state index in [0.717, 1.165) is 42.5 Å². The maximum absolute atomic E-state index is 12.3. The lowest BCUT2D eigenvalue weighted by atomic mass is 9.91. The highest BCUT2D eigenvalue weighted by atomic mass is 16.6. The highest BCUT2D eigenvalue weighted by Crippen LogP contribution is 2.32. The number of aliphatic hydroxyl groups excluding tert-OH is 1. The van der Waals surface area contributed by atoms with Crippen LogP contribution in [0.1, 0.15) is 57.0 Å². The number of fused-ring (bicyclic) bond motifs is 1. The van der Waals surface area contributed by atoms with Gasteiger partial charge >= 0.3 is 6.09 Å². The van der Waals surface area contributed by atoms with Crippen molar-refractivity contribution < 1.29 is 23.9 Å². The number of piperidine rings is 1. The number of nitrogens with zero attached hydrogens (tertiary/aromatic N) is 3. The average molecular weight is 468 g/mol. The largest absolute Gasteiger partial charge is 0.487 e. The molecule has 1 aliphatic heterocycles. The first-order valence-corrected chi connectivity index (χ1v) is 11.9. The van der Waals surface area contributed by atoms with Crippen LogP contribution in [0, 0.1) is 5.92 Å². The van der Waals surface area contributed by atoms with Crippen molar-refractivity contribution in [2.45, 2.75) is 65.3 Å². The summed E-state index contributed by atoms with van der Waals surface area (Å²) < 4.78 is 17.0. The predicted molar refractivity (Wildman–Crippen MR) is 127 cm³/mol. The standard InChI is InChI=1S/C26H33N3O5/c1-26(2,3)33-25(31)29-14-11-18(12-15-29)7-9-22-20-8-10-23(21(16-30)24(20)34-28-22)32-17-19-6-4-5-13-27-19/h4-6,8,10,13,18,30H,7,9,11-12,14-17H2,1-3H3. The highest BCUT2D eigenvalue weighted by molar-refractivity contribution is 5.84. The van der Waals surface area contributed by atoms with Gasteiger partial charge < -0.3 is 24.0 Å². The SMILES string of the molecule is CC(C)(C)OC(=O)N1CCC(CCc2noc3c(CO)c(OCc4ccccn4)ccc23)CC1. The lowest BCUT2D eigenvalue weighted by Gasteiger charge is -2.33. The summed E-state index contributed by atoms with van der Waals surface area (Å²) in [6.07, 6.45) is 5.13. The number of rotatable bonds is 7. The molecule has 1 N–H and O–H groups in total. The summed E-state index contributed by atoms with van der Waals surface area (Å²) >= 11 is 0. The Morgan fingerprint density at radius 1 is 1.21 bits per heavy atom. The third kappa shape index (κ3) is 5.86. The molecule has 0 radical (unpaired) electrons. The second kappa shape index (κ2) is 10.4. The Kier molecular flexibility index (Phi) is 7.36. The van der Waals surface area contributed by atoms with Gasteiger partial charge in [0.05, 0.1) is 23.6 Å². The summed E-state index contributed by atoms with van der Waals surface area (Å²) in [5, 5.41) is 15.2. The molecule has 0 spiro atoms. The molecule has 8 nitrogen and oxygen atoms in total. The number of likely N-dealkylation sites (tertiary alicyclic amines) is 1. The molecule has 0 saturated carbocycles. The van der Waals surface area contributed by atoms with E-state index in [9.17, 15) is 9.90 Å². The summed E-state index contributed by atoms with van der Waals surface area (Å²) in [5.41, 5.74) is 2.38. The van der Waals surface area contributed by atoms with E-state index in [0.29, 0.717) is 42.5 Å². The van der Waals surface area contributed by atoms with Crippen molar-refractivity contribution in [2.75, 3.05) is 13.1 Å². The number of aryl methyl sites for hydroxylation is 1. The van der Waals surface area contributed by atoms with Gasteiger partial charge in [0.1, 0.15) is 18.0 Å². The molecule has 182 valence electrons. The van der Waals surface area contributed by atoms with Crippen molar-refractivity contribution in [3.05, 3.63) is 53.5 Å². The second-order valence-electron chi connectivity index (χ2n) is 9.77. The number of benzene rings is 1. The van der Waals surface area contributed by atoms with Gasteiger partial charge in [-0.05, 0) is 76.6 Å². The Morgan fingerprint density at radius 2 is 2.00 bits per heavy atom. The normalized spacial score (nSPS) is 15.0. The zero-order valence-corrected chi connectivity index (χ0v) is 20.1. The smallest absolute Gasteiger partial charge is 0.410 e. The fourth-order valence-corrected chi connectivity index (χ4v) is 4.26. The van der Waals surface area contributed by atoms with Crippen LogP contribution < -0.4 is 4.74 Å². The van der Waals surface area contributed by atoms with Crippen LogP contribution in [0.5, 0.6) is 5.75 Å². The van der Waals surface area contributed by atoms with E-state index < -0.39 is 5.60 Å². The van der Waals surface area contributed by atoms with Gasteiger partial charge in [-0.25, -0.2) is 4.79 Å². The van der Waals surface area contributed by atoms with E-state index in [-0.39, 0.29) is 12.7 Å². The highest BCUT2D eigenvalue weighted by Gasteiger charge is 2.27. The van der Waals surface area contributed by atoms with Crippen molar-refractivity contribution in [2.24, 2.45) is 5.92 Å². The second-order valence-corrected chi connectivity index (χ2v) is 9.77. The summed E-state index contributed by atoms with van der Waals surface area (Å²) in [5.74, 6) is 1.08. The van der Waals surface area contributed by atoms with E-state index in [1.54, 1.807) is 11.1 Å². The molecular weight excluding hydrogens is 434 g/mol. The minimum Gasteiger partial charge on any atom is -0.487 e. The minimum absolute atomic E-state index is 0.202. The number of amides is 1. The van der Waals surface area contributed by atoms with Gasteiger partial charge in [0.15, 0.2) is 5.58 Å². The van der Waals surface area contributed by atoms with Crippen LogP contribution in [-0.2, 0) is 24.4 Å². The Bertz CT molecular complexity index is 1100. The molecule has 8 heteroatoms. The summed E-state index contributed by atoms with van der Waals surface area (Å²) in [4.78, 5) is 18.3. The number of carbonyl (C=O) groups excluding carboxylic acids is 1. The Balaban J connectivity index is 1.35. The van der Waals surface area contributed by atoms with Crippen LogP contribution in [0.2, 0.25) is 0 Å². The lowest BCUT2D eigenvalue weighted by molar-refractivity contribution is 0.0181. The van der Waals surface area contributed by atoms with Crippen molar-refractivity contribution in [1.82, 2.24) is 15.0 Å². The molecule has 0 unspecified atom stereocenters. The molecule has 1 amide bonds. The first-order valence-electron chi connectivity index (χ1n) is 11.9. The van der Waals surface area contributed by atoms with Crippen molar-refractivity contribution >= 4 is 17.1 Å². The molecule has 0 bridgehead atoms. The maximum atomic E-state index is 12.3. The fraction of sp³-hybridized carbons (Fsp3) is 0.500. The van der Waals surface area contributed by atoms with Crippen molar-refractivity contribution in [1.29, 1.82) is 0 Å². The monoisotopic (exact) mass is 467 g/mol.